The molecule has 0 aliphatic carbocycles. The second-order valence-electron chi connectivity index (χ2n) is 4.52. The minimum absolute atomic E-state index is 0.0566. The summed E-state index contributed by atoms with van der Waals surface area (Å²) < 4.78 is 7.38. The van der Waals surface area contributed by atoms with Crippen LogP contribution in [0.1, 0.15) is 22.5 Å². The van der Waals surface area contributed by atoms with Crippen molar-refractivity contribution in [3.05, 3.63) is 34.6 Å². The molecule has 2 heterocycles. The van der Waals surface area contributed by atoms with Gasteiger partial charge in [0, 0.05) is 18.8 Å². The first-order valence-corrected chi connectivity index (χ1v) is 5.89. The van der Waals surface area contributed by atoms with Gasteiger partial charge in [-0.1, -0.05) is 0 Å². The van der Waals surface area contributed by atoms with Crippen LogP contribution < -0.4 is 10.5 Å². The molecule has 19 heavy (non-hydrogen) atoms. The highest BCUT2D eigenvalue weighted by Crippen LogP contribution is 2.26. The lowest BCUT2D eigenvalue weighted by Crippen LogP contribution is -2.15. The van der Waals surface area contributed by atoms with E-state index in [0.29, 0.717) is 17.3 Å². The first-order valence-electron chi connectivity index (χ1n) is 5.89. The van der Waals surface area contributed by atoms with Crippen LogP contribution in [-0.2, 0) is 7.05 Å². The lowest BCUT2D eigenvalue weighted by atomic mass is 10.1. The lowest BCUT2D eigenvalue weighted by Gasteiger charge is -2.12. The predicted molar refractivity (Wildman–Crippen MR) is 72.7 cm³/mol. The molecule has 0 unspecified atom stereocenters. The maximum Gasteiger partial charge on any atom is 0.232 e. The molecule has 3 N–H and O–H groups in total. The number of hydrogen-bond acceptors (Lipinski definition) is 4. The van der Waals surface area contributed by atoms with E-state index in [0.717, 1.165) is 17.0 Å². The van der Waals surface area contributed by atoms with E-state index in [4.69, 9.17) is 15.9 Å². The molecule has 2 aromatic rings. The summed E-state index contributed by atoms with van der Waals surface area (Å²) in [7, 11) is 1.79. The number of hydrogen-bond donors (Lipinski definition) is 2. The molecule has 0 bridgehead atoms. The average molecular weight is 259 g/mol. The normalized spacial score (nSPS) is 10.5. The number of amidine groups is 1. The van der Waals surface area contributed by atoms with Crippen molar-refractivity contribution in [1.29, 1.82) is 5.41 Å². The minimum Gasteiger partial charge on any atom is -0.420 e. The molecule has 6 nitrogen and oxygen atoms in total. The summed E-state index contributed by atoms with van der Waals surface area (Å²) in [5.74, 6) is 0.851. The quantitative estimate of drug-likeness (QED) is 0.649. The summed E-state index contributed by atoms with van der Waals surface area (Å²) in [6, 6.07) is 3.68. The zero-order valence-corrected chi connectivity index (χ0v) is 11.5. The van der Waals surface area contributed by atoms with Crippen molar-refractivity contribution in [3.63, 3.8) is 0 Å². The van der Waals surface area contributed by atoms with E-state index in [1.165, 1.54) is 0 Å². The zero-order chi connectivity index (χ0) is 14.2. The molecular formula is C13H17N5O. The van der Waals surface area contributed by atoms with Gasteiger partial charge >= 0.3 is 0 Å². The number of rotatable bonds is 3. The Balaban J connectivity index is 2.50. The molecule has 2 rings (SSSR count). The van der Waals surface area contributed by atoms with Gasteiger partial charge in [0.15, 0.2) is 0 Å². The molecular weight excluding hydrogens is 242 g/mol. The largest absolute Gasteiger partial charge is 0.420 e. The molecule has 0 fully saturated rings. The van der Waals surface area contributed by atoms with Crippen molar-refractivity contribution in [2.24, 2.45) is 12.8 Å². The Morgan fingerprint density at radius 1 is 1.26 bits per heavy atom. The maximum atomic E-state index is 7.65. The van der Waals surface area contributed by atoms with Crippen molar-refractivity contribution in [3.8, 4) is 11.8 Å². The molecule has 6 heteroatoms. The molecule has 0 aliphatic heterocycles. The maximum absolute atomic E-state index is 7.65. The second-order valence-corrected chi connectivity index (χ2v) is 4.52. The number of ether oxygens (including phenoxy) is 1. The van der Waals surface area contributed by atoms with Crippen molar-refractivity contribution >= 4 is 5.84 Å². The van der Waals surface area contributed by atoms with Gasteiger partial charge in [-0.2, -0.15) is 5.10 Å². The molecule has 0 aliphatic rings. The van der Waals surface area contributed by atoms with Gasteiger partial charge < -0.3 is 10.5 Å². The average Bonchev–Trinajstić information content (AvgIpc) is 2.55. The third kappa shape index (κ3) is 2.57. The number of nitrogen functional groups attached to an aromatic ring is 1. The molecule has 0 amide bonds. The van der Waals surface area contributed by atoms with Gasteiger partial charge in [0.1, 0.15) is 5.84 Å². The molecule has 0 saturated carbocycles. The first kappa shape index (κ1) is 13.1. The zero-order valence-electron chi connectivity index (χ0n) is 11.5. The summed E-state index contributed by atoms with van der Waals surface area (Å²) in [6.45, 7) is 5.64. The number of nitrogens with zero attached hydrogens (tertiary/aromatic N) is 3. The number of nitrogens with one attached hydrogen (secondary N) is 1. The van der Waals surface area contributed by atoms with Gasteiger partial charge in [-0.05, 0) is 32.4 Å². The topological polar surface area (TPSA) is 89.8 Å². The number of pyridine rings is 1. The Morgan fingerprint density at radius 2 is 1.95 bits per heavy atom. The third-order valence-corrected chi connectivity index (χ3v) is 2.74. The van der Waals surface area contributed by atoms with Gasteiger partial charge in [0.2, 0.25) is 11.8 Å². The highest BCUT2D eigenvalue weighted by atomic mass is 16.5. The van der Waals surface area contributed by atoms with Crippen LogP contribution in [0.2, 0.25) is 0 Å². The van der Waals surface area contributed by atoms with Gasteiger partial charge in [-0.15, -0.1) is 0 Å². The fourth-order valence-electron chi connectivity index (χ4n) is 1.99. The third-order valence-electron chi connectivity index (χ3n) is 2.74. The van der Waals surface area contributed by atoms with Crippen LogP contribution in [0.3, 0.4) is 0 Å². The van der Waals surface area contributed by atoms with E-state index in [1.54, 1.807) is 11.7 Å². The smallest absolute Gasteiger partial charge is 0.232 e. The first-order chi connectivity index (χ1) is 8.88. The van der Waals surface area contributed by atoms with Gasteiger partial charge in [0.05, 0.1) is 11.3 Å². The van der Waals surface area contributed by atoms with Crippen molar-refractivity contribution in [2.45, 2.75) is 20.8 Å². The molecule has 0 radical (unpaired) electrons. The van der Waals surface area contributed by atoms with Crippen LogP contribution in [0.15, 0.2) is 12.1 Å². The molecule has 0 spiro atoms. The van der Waals surface area contributed by atoms with Crippen LogP contribution >= 0.6 is 0 Å². The lowest BCUT2D eigenvalue weighted by molar-refractivity contribution is 0.413. The van der Waals surface area contributed by atoms with Crippen LogP contribution in [0.4, 0.5) is 0 Å². The van der Waals surface area contributed by atoms with E-state index in [9.17, 15) is 0 Å². The van der Waals surface area contributed by atoms with Crippen LogP contribution in [-0.4, -0.2) is 20.6 Å². The second kappa shape index (κ2) is 4.72. The molecule has 100 valence electrons. The molecule has 0 atom stereocenters. The van der Waals surface area contributed by atoms with Gasteiger partial charge in [-0.25, -0.2) is 9.67 Å². The van der Waals surface area contributed by atoms with Crippen molar-refractivity contribution < 1.29 is 4.74 Å². The molecule has 0 saturated heterocycles. The molecule has 0 aromatic carbocycles. The summed E-state index contributed by atoms with van der Waals surface area (Å²) in [6.07, 6.45) is 0. The number of aryl methyl sites for hydroxylation is 4. The molecule has 2 aromatic heterocycles. The van der Waals surface area contributed by atoms with E-state index in [2.05, 4.69) is 10.1 Å². The highest BCUT2D eigenvalue weighted by Gasteiger charge is 2.15. The Labute approximate surface area is 111 Å². The SMILES string of the molecule is Cc1cc(C)c(C(=N)N)c(Oc2cc(C)nn2C)n1. The minimum atomic E-state index is -0.0566. The fourth-order valence-corrected chi connectivity index (χ4v) is 1.99. The number of aromatic nitrogens is 3. The van der Waals surface area contributed by atoms with Crippen molar-refractivity contribution in [1.82, 2.24) is 14.8 Å². The predicted octanol–water partition coefficient (Wildman–Crippen LogP) is 1.82. The fraction of sp³-hybridized carbons (Fsp3) is 0.308. The van der Waals surface area contributed by atoms with Gasteiger partial charge in [-0.3, -0.25) is 5.41 Å². The van der Waals surface area contributed by atoms with Crippen molar-refractivity contribution in [2.75, 3.05) is 0 Å². The van der Waals surface area contributed by atoms with Crippen LogP contribution in [0, 0.1) is 26.2 Å². The van der Waals surface area contributed by atoms with Gasteiger partial charge in [0.25, 0.3) is 0 Å². The highest BCUT2D eigenvalue weighted by molar-refractivity contribution is 5.98. The Morgan fingerprint density at radius 3 is 2.47 bits per heavy atom. The van der Waals surface area contributed by atoms with Crippen LogP contribution in [0.5, 0.6) is 11.8 Å². The standard InChI is InChI=1S/C13H17N5O/c1-7-5-8(2)16-13(11(7)12(14)15)19-10-6-9(3)17-18(10)4/h5-6H,1-4H3,(H3,14,15). The van der Waals surface area contributed by atoms with Crippen LogP contribution in [0.25, 0.3) is 0 Å². The monoisotopic (exact) mass is 259 g/mol. The summed E-state index contributed by atoms with van der Waals surface area (Å²) >= 11 is 0. The Kier molecular flexibility index (Phi) is 3.25. The summed E-state index contributed by atoms with van der Waals surface area (Å²) in [4.78, 5) is 4.32. The summed E-state index contributed by atoms with van der Waals surface area (Å²) in [5, 5.41) is 11.9. The number of nitrogens with two attached hydrogens (primary N) is 1. The summed E-state index contributed by atoms with van der Waals surface area (Å²) in [5.41, 5.74) is 8.66. The van der Waals surface area contributed by atoms with E-state index < -0.39 is 0 Å². The van der Waals surface area contributed by atoms with E-state index >= 15 is 0 Å². The van der Waals surface area contributed by atoms with E-state index in [-0.39, 0.29) is 5.84 Å². The Hall–Kier alpha value is -2.37. The van der Waals surface area contributed by atoms with E-state index in [1.807, 2.05) is 32.9 Å². The Bertz CT molecular complexity index is 645.